The maximum absolute atomic E-state index is 13.5. The van der Waals surface area contributed by atoms with E-state index < -0.39 is 0 Å². The van der Waals surface area contributed by atoms with Gasteiger partial charge in [0.05, 0.1) is 17.0 Å². The Hall–Kier alpha value is -1.06. The van der Waals surface area contributed by atoms with E-state index in [9.17, 15) is 4.39 Å². The highest BCUT2D eigenvalue weighted by Gasteiger charge is 2.18. The molecule has 0 saturated carbocycles. The fourth-order valence-corrected chi connectivity index (χ4v) is 2.59. The molecule has 0 spiro atoms. The van der Waals surface area contributed by atoms with Crippen molar-refractivity contribution in [2.75, 3.05) is 7.11 Å². The zero-order valence-corrected chi connectivity index (χ0v) is 12.9. The van der Waals surface area contributed by atoms with Crippen molar-refractivity contribution in [2.24, 2.45) is 0 Å². The van der Waals surface area contributed by atoms with Crippen LogP contribution in [0.15, 0.2) is 40.9 Å². The Balaban J connectivity index is 2.49. The van der Waals surface area contributed by atoms with Gasteiger partial charge in [-0.1, -0.05) is 29.8 Å². The van der Waals surface area contributed by atoms with Crippen molar-refractivity contribution >= 4 is 27.5 Å². The van der Waals surface area contributed by atoms with Crippen molar-refractivity contribution in [1.29, 1.82) is 0 Å². The summed E-state index contributed by atoms with van der Waals surface area (Å²) < 4.78 is 19.1. The Bertz CT molecular complexity index is 601. The Kier molecular flexibility index (Phi) is 4.48. The van der Waals surface area contributed by atoms with E-state index >= 15 is 0 Å². The summed E-state index contributed by atoms with van der Waals surface area (Å²) in [5.41, 5.74) is 2.82. The summed E-state index contributed by atoms with van der Waals surface area (Å²) in [5, 5.41) is -0.383. The molecule has 0 fully saturated rings. The second-order valence-corrected chi connectivity index (χ2v) is 5.58. The quantitative estimate of drug-likeness (QED) is 0.693. The number of ether oxygens (including phenoxy) is 1. The molecule has 0 radical (unpaired) electrons. The highest BCUT2D eigenvalue weighted by molar-refractivity contribution is 9.10. The molecule has 1 nitrogen and oxygen atoms in total. The van der Waals surface area contributed by atoms with Gasteiger partial charge in [0.2, 0.25) is 0 Å². The predicted octanol–water partition coefficient (Wildman–Crippen LogP) is 5.23. The van der Waals surface area contributed by atoms with Gasteiger partial charge in [0.1, 0.15) is 11.6 Å². The molecule has 0 aliphatic rings. The Morgan fingerprint density at radius 2 is 2.00 bits per heavy atom. The Morgan fingerprint density at radius 3 is 2.63 bits per heavy atom. The number of hydrogen-bond donors (Lipinski definition) is 0. The second-order valence-electron chi connectivity index (χ2n) is 4.28. The van der Waals surface area contributed by atoms with Gasteiger partial charge in [0.25, 0.3) is 0 Å². The maximum atomic E-state index is 13.5. The average molecular weight is 344 g/mol. The summed E-state index contributed by atoms with van der Waals surface area (Å²) in [6.45, 7) is 2.00. The van der Waals surface area contributed by atoms with Crippen LogP contribution >= 0.6 is 27.5 Å². The number of benzene rings is 2. The Morgan fingerprint density at radius 1 is 1.26 bits per heavy atom. The van der Waals surface area contributed by atoms with Crippen LogP contribution in [0.25, 0.3) is 0 Å². The molecule has 0 saturated heterocycles. The molecule has 0 heterocycles. The summed E-state index contributed by atoms with van der Waals surface area (Å²) in [6.07, 6.45) is 0. The Labute approximate surface area is 125 Å². The van der Waals surface area contributed by atoms with E-state index in [1.807, 2.05) is 31.2 Å². The highest BCUT2D eigenvalue weighted by atomic mass is 79.9. The minimum Gasteiger partial charge on any atom is -0.496 e. The molecule has 2 aromatic carbocycles. The summed E-state index contributed by atoms with van der Waals surface area (Å²) in [7, 11) is 1.51. The molecule has 0 bridgehead atoms. The topological polar surface area (TPSA) is 9.23 Å². The van der Waals surface area contributed by atoms with Gasteiger partial charge in [-0.2, -0.15) is 0 Å². The fourth-order valence-electron chi connectivity index (χ4n) is 1.93. The lowest BCUT2D eigenvalue weighted by molar-refractivity contribution is 0.406. The summed E-state index contributed by atoms with van der Waals surface area (Å²) in [4.78, 5) is 0. The summed E-state index contributed by atoms with van der Waals surface area (Å²) in [5.74, 6) is 0.0796. The predicted molar refractivity (Wildman–Crippen MR) is 79.5 cm³/mol. The van der Waals surface area contributed by atoms with Crippen LogP contribution in [0.2, 0.25) is 0 Å². The van der Waals surface area contributed by atoms with Crippen LogP contribution in [-0.2, 0) is 0 Å². The number of halogens is 3. The first kappa shape index (κ1) is 14.4. The third kappa shape index (κ3) is 3.10. The maximum Gasteiger partial charge on any atom is 0.141 e. The standard InChI is InChI=1S/C15H13BrClFO/c1-9-4-3-5-10(6-9)15(17)11-7-12(16)13(18)8-14(11)19-2/h3-8,15H,1-2H3. The zero-order valence-electron chi connectivity index (χ0n) is 10.6. The molecule has 0 aliphatic carbocycles. The van der Waals surface area contributed by atoms with Gasteiger partial charge >= 0.3 is 0 Å². The lowest BCUT2D eigenvalue weighted by Gasteiger charge is -2.15. The molecule has 1 atom stereocenters. The fraction of sp³-hybridized carbons (Fsp3) is 0.200. The largest absolute Gasteiger partial charge is 0.496 e. The van der Waals surface area contributed by atoms with Crippen LogP contribution in [0, 0.1) is 12.7 Å². The van der Waals surface area contributed by atoms with Crippen LogP contribution < -0.4 is 4.74 Å². The molecule has 100 valence electrons. The monoisotopic (exact) mass is 342 g/mol. The van der Waals surface area contributed by atoms with Gasteiger partial charge in [-0.25, -0.2) is 4.39 Å². The minimum atomic E-state index is -0.383. The highest BCUT2D eigenvalue weighted by Crippen LogP contribution is 2.37. The van der Waals surface area contributed by atoms with Gasteiger partial charge in [-0.05, 0) is 34.5 Å². The average Bonchev–Trinajstić information content (AvgIpc) is 2.40. The first-order valence-corrected chi connectivity index (χ1v) is 6.99. The molecule has 4 heteroatoms. The lowest BCUT2D eigenvalue weighted by atomic mass is 10.0. The number of hydrogen-bond acceptors (Lipinski definition) is 1. The number of rotatable bonds is 3. The number of methoxy groups -OCH3 is 1. The number of alkyl halides is 1. The lowest BCUT2D eigenvalue weighted by Crippen LogP contribution is -1.99. The van der Waals surface area contributed by atoms with Crippen LogP contribution in [0.4, 0.5) is 4.39 Å². The van der Waals surface area contributed by atoms with Gasteiger partial charge in [-0.3, -0.25) is 0 Å². The van der Waals surface area contributed by atoms with E-state index in [0.717, 1.165) is 16.7 Å². The van der Waals surface area contributed by atoms with Crippen molar-refractivity contribution < 1.29 is 9.13 Å². The second kappa shape index (κ2) is 5.93. The first-order chi connectivity index (χ1) is 9.02. The molecule has 0 aliphatic heterocycles. The molecule has 1 unspecified atom stereocenters. The smallest absolute Gasteiger partial charge is 0.141 e. The molecule has 2 rings (SSSR count). The molecule has 0 aromatic heterocycles. The van der Waals surface area contributed by atoms with E-state index in [0.29, 0.717) is 10.2 Å². The molecule has 0 N–H and O–H groups in total. The molecular weight excluding hydrogens is 331 g/mol. The summed E-state index contributed by atoms with van der Waals surface area (Å²) in [6, 6.07) is 10.9. The van der Waals surface area contributed by atoms with Crippen molar-refractivity contribution in [1.82, 2.24) is 0 Å². The van der Waals surface area contributed by atoms with Crippen molar-refractivity contribution in [2.45, 2.75) is 12.3 Å². The minimum absolute atomic E-state index is 0.367. The first-order valence-electron chi connectivity index (χ1n) is 5.76. The van der Waals surface area contributed by atoms with E-state index in [2.05, 4.69) is 15.9 Å². The van der Waals surface area contributed by atoms with Crippen LogP contribution in [0.1, 0.15) is 22.1 Å². The summed E-state index contributed by atoms with van der Waals surface area (Å²) >= 11 is 9.66. The molecule has 19 heavy (non-hydrogen) atoms. The normalized spacial score (nSPS) is 12.3. The third-order valence-corrected chi connectivity index (χ3v) is 3.98. The van der Waals surface area contributed by atoms with E-state index in [-0.39, 0.29) is 11.2 Å². The zero-order chi connectivity index (χ0) is 14.0. The van der Waals surface area contributed by atoms with Crippen molar-refractivity contribution in [3.8, 4) is 5.75 Å². The van der Waals surface area contributed by atoms with Gasteiger partial charge in [-0.15, -0.1) is 11.6 Å². The van der Waals surface area contributed by atoms with Gasteiger partial charge in [0, 0.05) is 11.6 Å². The van der Waals surface area contributed by atoms with Gasteiger partial charge in [0.15, 0.2) is 0 Å². The third-order valence-electron chi connectivity index (χ3n) is 2.88. The number of aryl methyl sites for hydroxylation is 1. The van der Waals surface area contributed by atoms with E-state index in [4.69, 9.17) is 16.3 Å². The SMILES string of the molecule is COc1cc(F)c(Br)cc1C(Cl)c1cccc(C)c1. The molecular formula is C15H13BrClFO. The van der Waals surface area contributed by atoms with Crippen LogP contribution in [-0.4, -0.2) is 7.11 Å². The van der Waals surface area contributed by atoms with E-state index in [1.165, 1.54) is 13.2 Å². The van der Waals surface area contributed by atoms with E-state index in [1.54, 1.807) is 6.07 Å². The van der Waals surface area contributed by atoms with Gasteiger partial charge < -0.3 is 4.74 Å². The van der Waals surface area contributed by atoms with Crippen molar-refractivity contribution in [3.63, 3.8) is 0 Å². The molecule has 0 amide bonds. The van der Waals surface area contributed by atoms with Crippen LogP contribution in [0.3, 0.4) is 0 Å². The molecule has 2 aromatic rings. The van der Waals surface area contributed by atoms with Crippen molar-refractivity contribution in [3.05, 3.63) is 63.4 Å². The van der Waals surface area contributed by atoms with Crippen LogP contribution in [0.5, 0.6) is 5.75 Å².